The molecule has 0 amide bonds. The van der Waals surface area contributed by atoms with E-state index in [2.05, 4.69) is 10.3 Å². The molecule has 1 aromatic rings. The van der Waals surface area contributed by atoms with Crippen molar-refractivity contribution in [3.05, 3.63) is 24.4 Å². The first kappa shape index (κ1) is 10.9. The Kier molecular flexibility index (Phi) is 3.82. The van der Waals surface area contributed by atoms with Crippen molar-refractivity contribution in [2.24, 2.45) is 0 Å². The number of hydrogen-bond donors (Lipinski definition) is 4. The third kappa shape index (κ3) is 2.41. The molecule has 14 heavy (non-hydrogen) atoms. The lowest BCUT2D eigenvalue weighted by Gasteiger charge is -2.29. The van der Waals surface area contributed by atoms with Crippen LogP contribution in [-0.4, -0.2) is 45.7 Å². The molecule has 0 fully saturated rings. The highest BCUT2D eigenvalue weighted by Crippen LogP contribution is 2.11. The van der Waals surface area contributed by atoms with Gasteiger partial charge in [-0.05, 0) is 12.1 Å². The molecular weight excluding hydrogens is 184 g/mol. The lowest BCUT2D eigenvalue weighted by atomic mass is 10.0. The molecule has 0 unspecified atom stereocenters. The van der Waals surface area contributed by atoms with Gasteiger partial charge in [0.1, 0.15) is 11.4 Å². The zero-order valence-corrected chi connectivity index (χ0v) is 7.72. The molecule has 0 aromatic carbocycles. The highest BCUT2D eigenvalue weighted by Gasteiger charge is 2.27. The standard InChI is InChI=1S/C9H14N2O3/c12-5-9(6-13,7-14)11-8-3-1-2-4-10-8/h1-4,12-14H,5-7H2,(H,10,11). The van der Waals surface area contributed by atoms with E-state index in [0.29, 0.717) is 5.82 Å². The molecule has 5 nitrogen and oxygen atoms in total. The molecule has 0 aliphatic rings. The van der Waals surface area contributed by atoms with Crippen molar-refractivity contribution >= 4 is 5.82 Å². The third-order valence-corrected chi connectivity index (χ3v) is 1.97. The van der Waals surface area contributed by atoms with E-state index >= 15 is 0 Å². The van der Waals surface area contributed by atoms with Gasteiger partial charge in [-0.25, -0.2) is 4.98 Å². The van der Waals surface area contributed by atoms with Gasteiger partial charge >= 0.3 is 0 Å². The van der Waals surface area contributed by atoms with Gasteiger partial charge in [0.15, 0.2) is 0 Å². The SMILES string of the molecule is OCC(CO)(CO)Nc1ccccn1. The van der Waals surface area contributed by atoms with E-state index in [-0.39, 0.29) is 19.8 Å². The van der Waals surface area contributed by atoms with E-state index in [1.165, 1.54) is 0 Å². The third-order valence-electron chi connectivity index (χ3n) is 1.97. The molecule has 0 spiro atoms. The van der Waals surface area contributed by atoms with Crippen LogP contribution in [0.5, 0.6) is 0 Å². The summed E-state index contributed by atoms with van der Waals surface area (Å²) in [5.41, 5.74) is -1.12. The zero-order chi connectivity index (χ0) is 10.4. The van der Waals surface area contributed by atoms with Crippen LogP contribution in [0.1, 0.15) is 0 Å². The maximum atomic E-state index is 9.03. The van der Waals surface area contributed by atoms with Crippen LogP contribution < -0.4 is 5.32 Å². The summed E-state index contributed by atoms with van der Waals surface area (Å²) in [7, 11) is 0. The summed E-state index contributed by atoms with van der Waals surface area (Å²) >= 11 is 0. The second kappa shape index (κ2) is 4.90. The van der Waals surface area contributed by atoms with Crippen molar-refractivity contribution in [2.75, 3.05) is 25.1 Å². The Morgan fingerprint density at radius 2 is 1.79 bits per heavy atom. The van der Waals surface area contributed by atoms with Crippen LogP contribution in [0.25, 0.3) is 0 Å². The summed E-state index contributed by atoms with van der Waals surface area (Å²) in [6.07, 6.45) is 1.58. The largest absolute Gasteiger partial charge is 0.394 e. The Labute approximate surface area is 82.0 Å². The van der Waals surface area contributed by atoms with E-state index in [1.807, 2.05) is 0 Å². The maximum Gasteiger partial charge on any atom is 0.126 e. The summed E-state index contributed by atoms with van der Waals surface area (Å²) in [4.78, 5) is 3.96. The monoisotopic (exact) mass is 198 g/mol. The Balaban J connectivity index is 2.74. The Morgan fingerprint density at radius 3 is 2.21 bits per heavy atom. The second-order valence-corrected chi connectivity index (χ2v) is 3.09. The topological polar surface area (TPSA) is 85.6 Å². The van der Waals surface area contributed by atoms with Crippen molar-refractivity contribution in [1.29, 1.82) is 0 Å². The molecule has 0 bridgehead atoms. The number of pyridine rings is 1. The molecule has 1 aromatic heterocycles. The fraction of sp³-hybridized carbons (Fsp3) is 0.444. The molecule has 0 aliphatic carbocycles. The number of nitrogens with one attached hydrogen (secondary N) is 1. The van der Waals surface area contributed by atoms with Gasteiger partial charge in [0.2, 0.25) is 0 Å². The molecule has 0 saturated heterocycles. The number of aliphatic hydroxyl groups is 3. The highest BCUT2D eigenvalue weighted by atomic mass is 16.3. The minimum Gasteiger partial charge on any atom is -0.394 e. The van der Waals surface area contributed by atoms with Gasteiger partial charge in [0.05, 0.1) is 19.8 Å². The number of rotatable bonds is 5. The van der Waals surface area contributed by atoms with Crippen molar-refractivity contribution < 1.29 is 15.3 Å². The summed E-state index contributed by atoms with van der Waals surface area (Å²) in [5, 5.41) is 29.9. The average molecular weight is 198 g/mol. The fourth-order valence-corrected chi connectivity index (χ4v) is 0.977. The number of nitrogens with zero attached hydrogens (tertiary/aromatic N) is 1. The molecule has 1 heterocycles. The summed E-state index contributed by atoms with van der Waals surface area (Å²) in [6, 6.07) is 5.21. The minimum atomic E-state index is -1.12. The quantitative estimate of drug-likeness (QED) is 0.498. The first-order valence-electron chi connectivity index (χ1n) is 4.28. The predicted octanol–water partition coefficient (Wildman–Crippen LogP) is -0.791. The Morgan fingerprint density at radius 1 is 1.14 bits per heavy atom. The number of hydrogen-bond acceptors (Lipinski definition) is 5. The van der Waals surface area contributed by atoms with E-state index in [4.69, 9.17) is 15.3 Å². The van der Waals surface area contributed by atoms with E-state index in [9.17, 15) is 0 Å². The Hall–Kier alpha value is -1.17. The summed E-state index contributed by atoms with van der Waals surface area (Å²) < 4.78 is 0. The number of aromatic nitrogens is 1. The molecule has 0 atom stereocenters. The van der Waals surface area contributed by atoms with Crippen LogP contribution in [0, 0.1) is 0 Å². The van der Waals surface area contributed by atoms with E-state index < -0.39 is 5.54 Å². The van der Waals surface area contributed by atoms with Crippen LogP contribution >= 0.6 is 0 Å². The van der Waals surface area contributed by atoms with Gasteiger partial charge in [-0.3, -0.25) is 0 Å². The van der Waals surface area contributed by atoms with Gasteiger partial charge in [-0.1, -0.05) is 6.07 Å². The molecule has 5 heteroatoms. The molecule has 0 aliphatic heterocycles. The second-order valence-electron chi connectivity index (χ2n) is 3.09. The van der Waals surface area contributed by atoms with Crippen LogP contribution in [0.15, 0.2) is 24.4 Å². The number of aliphatic hydroxyl groups excluding tert-OH is 3. The van der Waals surface area contributed by atoms with E-state index in [0.717, 1.165) is 0 Å². The molecule has 1 rings (SSSR count). The lowest BCUT2D eigenvalue weighted by Crippen LogP contribution is -2.49. The fourth-order valence-electron chi connectivity index (χ4n) is 0.977. The lowest BCUT2D eigenvalue weighted by molar-refractivity contribution is 0.0831. The smallest absolute Gasteiger partial charge is 0.126 e. The first-order valence-corrected chi connectivity index (χ1v) is 4.28. The summed E-state index contributed by atoms with van der Waals surface area (Å²) in [6.45, 7) is -1.09. The van der Waals surface area contributed by atoms with E-state index in [1.54, 1.807) is 24.4 Å². The van der Waals surface area contributed by atoms with Crippen molar-refractivity contribution in [3.63, 3.8) is 0 Å². The van der Waals surface area contributed by atoms with Gasteiger partial charge < -0.3 is 20.6 Å². The maximum absolute atomic E-state index is 9.03. The Bertz CT molecular complexity index is 254. The van der Waals surface area contributed by atoms with Crippen LogP contribution in [0.3, 0.4) is 0 Å². The van der Waals surface area contributed by atoms with Crippen LogP contribution in [-0.2, 0) is 0 Å². The van der Waals surface area contributed by atoms with Crippen molar-refractivity contribution in [3.8, 4) is 0 Å². The first-order chi connectivity index (χ1) is 6.76. The van der Waals surface area contributed by atoms with Gasteiger partial charge in [-0.15, -0.1) is 0 Å². The van der Waals surface area contributed by atoms with Crippen molar-refractivity contribution in [1.82, 2.24) is 4.98 Å². The molecule has 78 valence electrons. The average Bonchev–Trinajstić information content (AvgIpc) is 2.28. The molecular formula is C9H14N2O3. The minimum absolute atomic E-state index is 0.365. The van der Waals surface area contributed by atoms with Crippen LogP contribution in [0.4, 0.5) is 5.82 Å². The normalized spacial score (nSPS) is 11.4. The summed E-state index contributed by atoms with van der Waals surface area (Å²) in [5.74, 6) is 0.504. The number of anilines is 1. The zero-order valence-electron chi connectivity index (χ0n) is 7.72. The molecule has 0 saturated carbocycles. The highest BCUT2D eigenvalue weighted by molar-refractivity contribution is 5.37. The molecule has 0 radical (unpaired) electrons. The van der Waals surface area contributed by atoms with Crippen LogP contribution in [0.2, 0.25) is 0 Å². The van der Waals surface area contributed by atoms with Gasteiger partial charge in [0, 0.05) is 6.20 Å². The molecule has 4 N–H and O–H groups in total. The van der Waals surface area contributed by atoms with Crippen molar-refractivity contribution in [2.45, 2.75) is 5.54 Å². The van der Waals surface area contributed by atoms with Gasteiger partial charge in [0.25, 0.3) is 0 Å². The van der Waals surface area contributed by atoms with Gasteiger partial charge in [-0.2, -0.15) is 0 Å². The predicted molar refractivity (Wildman–Crippen MR) is 51.8 cm³/mol.